The number of para-hydroxylation sites is 1. The Morgan fingerprint density at radius 1 is 1.23 bits per heavy atom. The lowest BCUT2D eigenvalue weighted by atomic mass is 10.1. The van der Waals surface area contributed by atoms with Crippen LogP contribution in [0.25, 0.3) is 0 Å². The molecule has 0 aliphatic heterocycles. The van der Waals surface area contributed by atoms with Crippen molar-refractivity contribution in [3.8, 4) is 5.75 Å². The van der Waals surface area contributed by atoms with Crippen molar-refractivity contribution in [2.75, 3.05) is 12.9 Å². The number of amides is 1. The molecule has 22 heavy (non-hydrogen) atoms. The van der Waals surface area contributed by atoms with Crippen LogP contribution in [-0.4, -0.2) is 18.8 Å². The van der Waals surface area contributed by atoms with E-state index in [9.17, 15) is 4.79 Å². The molecule has 3 nitrogen and oxygen atoms in total. The molecule has 0 heterocycles. The number of halogens is 1. The van der Waals surface area contributed by atoms with Crippen LogP contribution in [0, 0.1) is 0 Å². The third-order valence-corrected chi connectivity index (χ3v) is 4.43. The molecule has 116 valence electrons. The van der Waals surface area contributed by atoms with Crippen LogP contribution in [0.2, 0.25) is 5.02 Å². The summed E-state index contributed by atoms with van der Waals surface area (Å²) >= 11 is 7.32. The average Bonchev–Trinajstić information content (AvgIpc) is 2.54. The Bertz CT molecular complexity index is 631. The molecule has 0 saturated carbocycles. The van der Waals surface area contributed by atoms with Crippen LogP contribution in [0.3, 0.4) is 0 Å². The minimum atomic E-state index is -0.102. The fourth-order valence-corrected chi connectivity index (χ4v) is 2.90. The van der Waals surface area contributed by atoms with Gasteiger partial charge in [0.2, 0.25) is 5.91 Å². The predicted molar refractivity (Wildman–Crippen MR) is 91.7 cm³/mol. The Morgan fingerprint density at radius 3 is 2.59 bits per heavy atom. The first-order chi connectivity index (χ1) is 10.6. The van der Waals surface area contributed by atoms with Gasteiger partial charge in [0, 0.05) is 15.5 Å². The van der Waals surface area contributed by atoms with E-state index in [1.807, 2.05) is 55.5 Å². The monoisotopic (exact) mass is 335 g/mol. The van der Waals surface area contributed by atoms with Gasteiger partial charge in [0.1, 0.15) is 5.75 Å². The van der Waals surface area contributed by atoms with Crippen LogP contribution < -0.4 is 10.1 Å². The SMILES string of the molecule is COc1ccccc1[C@H](C)NC(=O)CSc1ccc(Cl)cc1. The zero-order valence-electron chi connectivity index (χ0n) is 12.5. The molecule has 0 unspecified atom stereocenters. The number of carbonyl (C=O) groups is 1. The Balaban J connectivity index is 1.90. The number of nitrogens with one attached hydrogen (secondary N) is 1. The largest absolute Gasteiger partial charge is 0.496 e. The highest BCUT2D eigenvalue weighted by Gasteiger charge is 2.13. The maximum absolute atomic E-state index is 12.1. The molecule has 0 aliphatic rings. The molecular weight excluding hydrogens is 318 g/mol. The van der Waals surface area contributed by atoms with Crippen molar-refractivity contribution in [2.24, 2.45) is 0 Å². The van der Waals surface area contributed by atoms with E-state index in [1.54, 1.807) is 7.11 Å². The molecule has 5 heteroatoms. The fraction of sp³-hybridized carbons (Fsp3) is 0.235. The highest BCUT2D eigenvalue weighted by molar-refractivity contribution is 8.00. The molecule has 1 atom stereocenters. The summed E-state index contributed by atoms with van der Waals surface area (Å²) in [7, 11) is 1.63. The zero-order chi connectivity index (χ0) is 15.9. The molecule has 2 aromatic rings. The summed E-state index contributed by atoms with van der Waals surface area (Å²) in [5.41, 5.74) is 0.967. The first kappa shape index (κ1) is 16.7. The summed E-state index contributed by atoms with van der Waals surface area (Å²) < 4.78 is 5.32. The molecule has 0 fully saturated rings. The highest BCUT2D eigenvalue weighted by atomic mass is 35.5. The van der Waals surface area contributed by atoms with Crippen molar-refractivity contribution in [2.45, 2.75) is 17.9 Å². The Hall–Kier alpha value is -1.65. The van der Waals surface area contributed by atoms with Crippen LogP contribution in [0.5, 0.6) is 5.75 Å². The fourth-order valence-electron chi connectivity index (χ4n) is 2.06. The van der Waals surface area contributed by atoms with Crippen LogP contribution in [0.1, 0.15) is 18.5 Å². The van der Waals surface area contributed by atoms with Gasteiger partial charge in [-0.05, 0) is 37.3 Å². The molecule has 1 N–H and O–H groups in total. The molecule has 0 aromatic heterocycles. The van der Waals surface area contributed by atoms with Crippen molar-refractivity contribution in [1.29, 1.82) is 0 Å². The number of hydrogen-bond acceptors (Lipinski definition) is 3. The quantitative estimate of drug-likeness (QED) is 0.799. The van der Waals surface area contributed by atoms with Gasteiger partial charge in [-0.25, -0.2) is 0 Å². The Morgan fingerprint density at radius 2 is 1.91 bits per heavy atom. The van der Waals surface area contributed by atoms with Crippen molar-refractivity contribution in [3.63, 3.8) is 0 Å². The minimum absolute atomic E-state index is 0.0154. The topological polar surface area (TPSA) is 38.3 Å². The molecule has 1 amide bonds. The molecule has 0 saturated heterocycles. The lowest BCUT2D eigenvalue weighted by Gasteiger charge is -2.17. The van der Waals surface area contributed by atoms with Gasteiger partial charge in [-0.2, -0.15) is 0 Å². The first-order valence-corrected chi connectivity index (χ1v) is 8.27. The van der Waals surface area contributed by atoms with Crippen molar-refractivity contribution in [1.82, 2.24) is 5.32 Å². The summed E-state index contributed by atoms with van der Waals surface area (Å²) in [5.74, 6) is 1.13. The average molecular weight is 336 g/mol. The van der Waals surface area contributed by atoms with Crippen LogP contribution in [0.15, 0.2) is 53.4 Å². The maximum atomic E-state index is 12.1. The third-order valence-electron chi connectivity index (χ3n) is 3.17. The van der Waals surface area contributed by atoms with Crippen molar-refractivity contribution >= 4 is 29.3 Å². The summed E-state index contributed by atoms with van der Waals surface area (Å²) in [6.07, 6.45) is 0. The molecular formula is C17H18ClNO2S. The predicted octanol–water partition coefficient (Wildman–Crippen LogP) is 4.32. The Kier molecular flexibility index (Phi) is 6.16. The lowest BCUT2D eigenvalue weighted by molar-refractivity contribution is -0.119. The van der Waals surface area contributed by atoms with E-state index in [1.165, 1.54) is 11.8 Å². The molecule has 0 spiro atoms. The van der Waals surface area contributed by atoms with Gasteiger partial charge in [0.15, 0.2) is 0 Å². The second kappa shape index (κ2) is 8.11. The third kappa shape index (κ3) is 4.68. The molecule has 0 aliphatic carbocycles. The van der Waals surface area contributed by atoms with Crippen LogP contribution in [0.4, 0.5) is 0 Å². The lowest BCUT2D eigenvalue weighted by Crippen LogP contribution is -2.28. The molecule has 0 bridgehead atoms. The van der Waals surface area contributed by atoms with E-state index in [2.05, 4.69) is 5.32 Å². The highest BCUT2D eigenvalue weighted by Crippen LogP contribution is 2.25. The van der Waals surface area contributed by atoms with Gasteiger partial charge in [-0.1, -0.05) is 29.8 Å². The standard InChI is InChI=1S/C17H18ClNO2S/c1-12(15-5-3-4-6-16(15)21-2)19-17(20)11-22-14-9-7-13(18)8-10-14/h3-10,12H,11H2,1-2H3,(H,19,20)/t12-/m0/s1. The van der Waals surface area contributed by atoms with Gasteiger partial charge in [0.05, 0.1) is 18.9 Å². The van der Waals surface area contributed by atoms with E-state index in [0.29, 0.717) is 10.8 Å². The first-order valence-electron chi connectivity index (χ1n) is 6.91. The number of carbonyl (C=O) groups excluding carboxylic acids is 1. The smallest absolute Gasteiger partial charge is 0.230 e. The second-order valence-corrected chi connectivity index (χ2v) is 6.26. The zero-order valence-corrected chi connectivity index (χ0v) is 14.1. The van der Waals surface area contributed by atoms with E-state index in [-0.39, 0.29) is 11.9 Å². The number of ether oxygens (including phenoxy) is 1. The molecule has 2 aromatic carbocycles. The van der Waals surface area contributed by atoms with E-state index < -0.39 is 0 Å². The number of hydrogen-bond donors (Lipinski definition) is 1. The van der Waals surface area contributed by atoms with Gasteiger partial charge >= 0.3 is 0 Å². The van der Waals surface area contributed by atoms with Gasteiger partial charge in [0.25, 0.3) is 0 Å². The number of benzene rings is 2. The second-order valence-electron chi connectivity index (χ2n) is 4.77. The number of rotatable bonds is 6. The normalized spacial score (nSPS) is 11.8. The van der Waals surface area contributed by atoms with Gasteiger partial charge in [-0.15, -0.1) is 11.8 Å². The van der Waals surface area contributed by atoms with Gasteiger partial charge in [-0.3, -0.25) is 4.79 Å². The van der Waals surface area contributed by atoms with E-state index in [0.717, 1.165) is 16.2 Å². The molecule has 0 radical (unpaired) electrons. The van der Waals surface area contributed by atoms with E-state index >= 15 is 0 Å². The van der Waals surface area contributed by atoms with Gasteiger partial charge < -0.3 is 10.1 Å². The number of thioether (sulfide) groups is 1. The van der Waals surface area contributed by atoms with Crippen molar-refractivity contribution in [3.05, 3.63) is 59.1 Å². The summed E-state index contributed by atoms with van der Waals surface area (Å²) in [6, 6.07) is 15.0. The van der Waals surface area contributed by atoms with Crippen LogP contribution >= 0.6 is 23.4 Å². The summed E-state index contributed by atoms with van der Waals surface area (Å²) in [6.45, 7) is 1.95. The maximum Gasteiger partial charge on any atom is 0.230 e. The number of methoxy groups -OCH3 is 1. The molecule has 2 rings (SSSR count). The summed E-state index contributed by atoms with van der Waals surface area (Å²) in [4.78, 5) is 13.1. The van der Waals surface area contributed by atoms with E-state index in [4.69, 9.17) is 16.3 Å². The summed E-state index contributed by atoms with van der Waals surface area (Å²) in [5, 5.41) is 3.68. The van der Waals surface area contributed by atoms with Crippen molar-refractivity contribution < 1.29 is 9.53 Å². The van der Waals surface area contributed by atoms with Crippen LogP contribution in [-0.2, 0) is 4.79 Å². The Labute approximate surface area is 140 Å². The minimum Gasteiger partial charge on any atom is -0.496 e.